The van der Waals surface area contributed by atoms with Gasteiger partial charge in [0.25, 0.3) is 5.91 Å². The average Bonchev–Trinajstić information content (AvgIpc) is 2.40. The number of ether oxygens (including phenoxy) is 2. The van der Waals surface area contributed by atoms with Gasteiger partial charge in [-0.05, 0) is 32.0 Å². The van der Waals surface area contributed by atoms with Crippen molar-refractivity contribution in [3.63, 3.8) is 0 Å². The molecule has 0 unspecified atom stereocenters. The Morgan fingerprint density at radius 2 is 2.20 bits per heavy atom. The Labute approximate surface area is 119 Å². The van der Waals surface area contributed by atoms with Gasteiger partial charge in [0.05, 0.1) is 25.5 Å². The summed E-state index contributed by atoms with van der Waals surface area (Å²) in [5.74, 6) is 0.410. The van der Waals surface area contributed by atoms with E-state index in [-0.39, 0.29) is 5.91 Å². The smallest absolute Gasteiger partial charge is 0.251 e. The van der Waals surface area contributed by atoms with Crippen LogP contribution in [-0.2, 0) is 4.74 Å². The third-order valence-electron chi connectivity index (χ3n) is 2.45. The van der Waals surface area contributed by atoms with Crippen molar-refractivity contribution in [3.05, 3.63) is 35.9 Å². The van der Waals surface area contributed by atoms with Crippen molar-refractivity contribution in [1.82, 2.24) is 5.32 Å². The summed E-state index contributed by atoms with van der Waals surface area (Å²) in [4.78, 5) is 11.9. The summed E-state index contributed by atoms with van der Waals surface area (Å²) in [5, 5.41) is 2.76. The molecule has 0 bridgehead atoms. The number of anilines is 1. The zero-order chi connectivity index (χ0) is 15.0. The fourth-order valence-electron chi connectivity index (χ4n) is 1.56. The minimum absolute atomic E-state index is 0.182. The molecule has 0 saturated carbocycles. The lowest BCUT2D eigenvalue weighted by atomic mass is 10.2. The lowest BCUT2D eigenvalue weighted by molar-refractivity contribution is 0.0927. The molecule has 0 atom stereocenters. The molecule has 1 aromatic rings. The molecule has 0 fully saturated rings. The number of amides is 1. The largest absolute Gasteiger partial charge is 0.492 e. The molecule has 1 amide bonds. The first-order chi connectivity index (χ1) is 9.54. The average molecular weight is 278 g/mol. The minimum Gasteiger partial charge on any atom is -0.492 e. The zero-order valence-electron chi connectivity index (χ0n) is 12.1. The number of rotatable bonds is 8. The number of nitrogen functional groups attached to an aromatic ring is 1. The second-order valence-electron chi connectivity index (χ2n) is 4.45. The third-order valence-corrected chi connectivity index (χ3v) is 2.45. The van der Waals surface area contributed by atoms with Gasteiger partial charge in [0, 0.05) is 12.1 Å². The van der Waals surface area contributed by atoms with E-state index in [0.717, 1.165) is 5.57 Å². The van der Waals surface area contributed by atoms with Crippen LogP contribution in [0, 0.1) is 0 Å². The van der Waals surface area contributed by atoms with Crippen molar-refractivity contribution in [2.75, 3.05) is 32.1 Å². The van der Waals surface area contributed by atoms with Crippen LogP contribution in [-0.4, -0.2) is 32.3 Å². The number of nitrogens with two attached hydrogens (primary N) is 1. The van der Waals surface area contributed by atoms with Gasteiger partial charge >= 0.3 is 0 Å². The van der Waals surface area contributed by atoms with Crippen molar-refractivity contribution >= 4 is 11.6 Å². The van der Waals surface area contributed by atoms with Crippen LogP contribution in [0.15, 0.2) is 30.4 Å². The van der Waals surface area contributed by atoms with Crippen LogP contribution in [0.3, 0.4) is 0 Å². The Hall–Kier alpha value is -2.01. The molecule has 0 aliphatic rings. The molecule has 1 rings (SSSR count). The minimum atomic E-state index is -0.182. The topological polar surface area (TPSA) is 73.6 Å². The van der Waals surface area contributed by atoms with Crippen molar-refractivity contribution in [2.45, 2.75) is 13.8 Å². The van der Waals surface area contributed by atoms with Crippen molar-refractivity contribution in [2.24, 2.45) is 0 Å². The van der Waals surface area contributed by atoms with E-state index in [1.54, 1.807) is 18.2 Å². The first kappa shape index (κ1) is 16.0. The molecule has 0 aliphatic heterocycles. The van der Waals surface area contributed by atoms with Gasteiger partial charge < -0.3 is 20.5 Å². The highest BCUT2D eigenvalue weighted by atomic mass is 16.5. The summed E-state index contributed by atoms with van der Waals surface area (Å²) in [6.07, 6.45) is 0. The van der Waals surface area contributed by atoms with E-state index in [4.69, 9.17) is 15.2 Å². The second kappa shape index (κ2) is 8.22. The van der Waals surface area contributed by atoms with Gasteiger partial charge in [0.2, 0.25) is 0 Å². The Balaban J connectivity index is 2.43. The first-order valence-corrected chi connectivity index (χ1v) is 6.57. The van der Waals surface area contributed by atoms with E-state index in [1.807, 2.05) is 13.8 Å². The number of carbonyl (C=O) groups excluding carboxylic acids is 1. The normalized spacial score (nSPS) is 10.1. The number of nitrogens with one attached hydrogen (secondary N) is 1. The zero-order valence-corrected chi connectivity index (χ0v) is 12.1. The summed E-state index contributed by atoms with van der Waals surface area (Å²) in [6, 6.07) is 4.99. The van der Waals surface area contributed by atoms with Gasteiger partial charge in [-0.3, -0.25) is 4.79 Å². The Bertz CT molecular complexity index is 472. The van der Waals surface area contributed by atoms with Crippen LogP contribution in [0.25, 0.3) is 0 Å². The Kier molecular flexibility index (Phi) is 6.59. The third kappa shape index (κ3) is 5.32. The highest BCUT2D eigenvalue weighted by Gasteiger charge is 2.08. The molecular weight excluding hydrogens is 256 g/mol. The van der Waals surface area contributed by atoms with Crippen LogP contribution < -0.4 is 15.8 Å². The number of benzene rings is 1. The fraction of sp³-hybridized carbons (Fsp3) is 0.400. The first-order valence-electron chi connectivity index (χ1n) is 6.57. The predicted molar refractivity (Wildman–Crippen MR) is 80.0 cm³/mol. The summed E-state index contributed by atoms with van der Waals surface area (Å²) in [5.41, 5.74) is 7.73. The van der Waals surface area contributed by atoms with E-state index in [9.17, 15) is 4.79 Å². The molecule has 0 spiro atoms. The van der Waals surface area contributed by atoms with Crippen LogP contribution >= 0.6 is 0 Å². The summed E-state index contributed by atoms with van der Waals surface area (Å²) >= 11 is 0. The van der Waals surface area contributed by atoms with Gasteiger partial charge in [-0.15, -0.1) is 0 Å². The summed E-state index contributed by atoms with van der Waals surface area (Å²) in [6.45, 7) is 9.44. The van der Waals surface area contributed by atoms with E-state index < -0.39 is 0 Å². The SMILES string of the molecule is C=C(C)COCCNC(=O)c1ccc(OCC)c(N)c1. The lowest BCUT2D eigenvalue weighted by Crippen LogP contribution is -2.27. The van der Waals surface area contributed by atoms with E-state index in [1.165, 1.54) is 0 Å². The van der Waals surface area contributed by atoms with Gasteiger partial charge in [-0.2, -0.15) is 0 Å². The van der Waals surface area contributed by atoms with Crippen LogP contribution in [0.5, 0.6) is 5.75 Å². The molecule has 20 heavy (non-hydrogen) atoms. The van der Waals surface area contributed by atoms with Crippen molar-refractivity contribution in [1.29, 1.82) is 0 Å². The van der Waals surface area contributed by atoms with Gasteiger partial charge in [-0.1, -0.05) is 12.2 Å². The van der Waals surface area contributed by atoms with Crippen molar-refractivity contribution < 1.29 is 14.3 Å². The lowest BCUT2D eigenvalue weighted by Gasteiger charge is -2.09. The molecule has 5 nitrogen and oxygen atoms in total. The number of carbonyl (C=O) groups is 1. The predicted octanol–water partition coefficient (Wildman–Crippen LogP) is 1.99. The molecule has 0 saturated heterocycles. The standard InChI is InChI=1S/C15H22N2O3/c1-4-20-14-6-5-12(9-13(14)16)15(18)17-7-8-19-10-11(2)3/h5-6,9H,2,4,7-8,10,16H2,1,3H3,(H,17,18). The van der Waals surface area contributed by atoms with Gasteiger partial charge in [-0.25, -0.2) is 0 Å². The van der Waals surface area contributed by atoms with E-state index >= 15 is 0 Å². The maximum atomic E-state index is 11.9. The molecule has 110 valence electrons. The van der Waals surface area contributed by atoms with Crippen LogP contribution in [0.2, 0.25) is 0 Å². The quantitative estimate of drug-likeness (QED) is 0.433. The molecule has 1 aromatic carbocycles. The van der Waals surface area contributed by atoms with Crippen LogP contribution in [0.4, 0.5) is 5.69 Å². The molecule has 0 aromatic heterocycles. The van der Waals surface area contributed by atoms with Crippen LogP contribution in [0.1, 0.15) is 24.2 Å². The molecule has 0 radical (unpaired) electrons. The number of hydrogen-bond acceptors (Lipinski definition) is 4. The van der Waals surface area contributed by atoms with E-state index in [2.05, 4.69) is 11.9 Å². The number of hydrogen-bond donors (Lipinski definition) is 2. The monoisotopic (exact) mass is 278 g/mol. The maximum Gasteiger partial charge on any atom is 0.251 e. The Morgan fingerprint density at radius 3 is 2.80 bits per heavy atom. The Morgan fingerprint density at radius 1 is 1.45 bits per heavy atom. The molecule has 0 aliphatic carbocycles. The van der Waals surface area contributed by atoms with Gasteiger partial charge in [0.15, 0.2) is 0 Å². The molecule has 3 N–H and O–H groups in total. The van der Waals surface area contributed by atoms with Crippen molar-refractivity contribution in [3.8, 4) is 5.75 Å². The maximum absolute atomic E-state index is 11.9. The fourth-order valence-corrected chi connectivity index (χ4v) is 1.56. The second-order valence-corrected chi connectivity index (χ2v) is 4.45. The highest BCUT2D eigenvalue weighted by molar-refractivity contribution is 5.95. The molecular formula is C15H22N2O3. The summed E-state index contributed by atoms with van der Waals surface area (Å²) < 4.78 is 10.6. The highest BCUT2D eigenvalue weighted by Crippen LogP contribution is 2.22. The summed E-state index contributed by atoms with van der Waals surface area (Å²) in [7, 11) is 0. The molecule has 0 heterocycles. The van der Waals surface area contributed by atoms with Gasteiger partial charge in [0.1, 0.15) is 5.75 Å². The molecule has 5 heteroatoms. The van der Waals surface area contributed by atoms with E-state index in [0.29, 0.717) is 43.4 Å².